The van der Waals surface area contributed by atoms with E-state index >= 15 is 0 Å². The maximum atomic E-state index is 13.2. The van der Waals surface area contributed by atoms with Gasteiger partial charge < -0.3 is 20.1 Å². The number of fused-ring (bicyclic) bond motifs is 4. The van der Waals surface area contributed by atoms with E-state index in [1.165, 1.54) is 4.90 Å². The van der Waals surface area contributed by atoms with Crippen LogP contribution in [0.4, 0.5) is 4.79 Å². The first-order valence-corrected chi connectivity index (χ1v) is 11.6. The lowest BCUT2D eigenvalue weighted by Gasteiger charge is -2.39. The van der Waals surface area contributed by atoms with E-state index < -0.39 is 23.6 Å². The molecule has 1 atom stereocenters. The molecule has 3 fully saturated rings. The highest BCUT2D eigenvalue weighted by molar-refractivity contribution is 5.93. The molecule has 2 bridgehead atoms. The predicted molar refractivity (Wildman–Crippen MR) is 122 cm³/mol. The number of nitrogens with zero attached hydrogens (tertiary/aromatic N) is 1. The normalized spacial score (nSPS) is 23.3. The molecule has 33 heavy (non-hydrogen) atoms. The van der Waals surface area contributed by atoms with Crippen LogP contribution in [-0.4, -0.2) is 52.7 Å². The summed E-state index contributed by atoms with van der Waals surface area (Å²) in [4.78, 5) is 39.2. The lowest BCUT2D eigenvalue weighted by Crippen LogP contribution is -2.58. The molecule has 0 unspecified atom stereocenters. The van der Waals surface area contributed by atoms with Gasteiger partial charge in [0.2, 0.25) is 5.91 Å². The van der Waals surface area contributed by atoms with Crippen molar-refractivity contribution in [1.82, 2.24) is 10.2 Å². The maximum absolute atomic E-state index is 13.2. The van der Waals surface area contributed by atoms with Gasteiger partial charge in [0.05, 0.1) is 0 Å². The van der Waals surface area contributed by atoms with Gasteiger partial charge in [0.1, 0.15) is 18.2 Å². The fourth-order valence-corrected chi connectivity index (χ4v) is 5.79. The van der Waals surface area contributed by atoms with E-state index in [0.717, 1.165) is 22.3 Å². The number of ether oxygens (including phenoxy) is 1. The van der Waals surface area contributed by atoms with Crippen molar-refractivity contribution in [3.8, 4) is 11.1 Å². The summed E-state index contributed by atoms with van der Waals surface area (Å²) in [5.41, 5.74) is 3.43. The number of nitrogens with one attached hydrogen (secondary N) is 1. The van der Waals surface area contributed by atoms with E-state index in [0.29, 0.717) is 32.2 Å². The topological polar surface area (TPSA) is 95.9 Å². The lowest BCUT2D eigenvalue weighted by molar-refractivity contribution is -0.159. The Morgan fingerprint density at radius 2 is 1.70 bits per heavy atom. The van der Waals surface area contributed by atoms with Gasteiger partial charge in [-0.25, -0.2) is 9.59 Å². The molecule has 2 aliphatic carbocycles. The largest absolute Gasteiger partial charge is 0.479 e. The molecule has 1 saturated carbocycles. The minimum absolute atomic E-state index is 0.0652. The van der Waals surface area contributed by atoms with Crippen LogP contribution in [0.25, 0.3) is 11.1 Å². The van der Waals surface area contributed by atoms with E-state index in [-0.39, 0.29) is 24.3 Å². The van der Waals surface area contributed by atoms with Gasteiger partial charge in [-0.2, -0.15) is 0 Å². The average molecular weight is 449 g/mol. The van der Waals surface area contributed by atoms with E-state index in [9.17, 15) is 19.5 Å². The molecule has 172 valence electrons. The Bertz CT molecular complexity index is 1060. The molecule has 2 aromatic rings. The predicted octanol–water partition coefficient (Wildman–Crippen LogP) is 3.77. The Labute approximate surface area is 192 Å². The van der Waals surface area contributed by atoms with Gasteiger partial charge in [-0.3, -0.25) is 4.79 Å². The fraction of sp³-hybridized carbons (Fsp3) is 0.423. The third-order valence-corrected chi connectivity index (χ3v) is 7.39. The van der Waals surface area contributed by atoms with Crippen LogP contribution in [0.2, 0.25) is 0 Å². The van der Waals surface area contributed by atoms with Gasteiger partial charge in [-0.15, -0.1) is 0 Å². The number of carboxylic acid groups (broad SMARTS) is 1. The minimum Gasteiger partial charge on any atom is -0.479 e. The van der Waals surface area contributed by atoms with Crippen molar-refractivity contribution in [3.05, 3.63) is 59.7 Å². The quantitative estimate of drug-likeness (QED) is 0.672. The summed E-state index contributed by atoms with van der Waals surface area (Å²) in [5.74, 6) is -1.11. The number of carbonyl (C=O) groups is 3. The number of rotatable bonds is 7. The Morgan fingerprint density at radius 3 is 2.27 bits per heavy atom. The molecule has 2 aromatic carbocycles. The van der Waals surface area contributed by atoms with Crippen molar-refractivity contribution in [2.24, 2.45) is 5.92 Å². The fourth-order valence-electron chi connectivity index (χ4n) is 5.79. The third kappa shape index (κ3) is 3.46. The first-order valence-electron chi connectivity index (χ1n) is 11.6. The van der Waals surface area contributed by atoms with Crippen LogP contribution >= 0.6 is 0 Å². The zero-order valence-corrected chi connectivity index (χ0v) is 18.6. The van der Waals surface area contributed by atoms with Crippen molar-refractivity contribution < 1.29 is 24.2 Å². The van der Waals surface area contributed by atoms with E-state index in [2.05, 4.69) is 29.6 Å². The molecule has 2 saturated heterocycles. The van der Waals surface area contributed by atoms with Crippen molar-refractivity contribution in [1.29, 1.82) is 0 Å². The molecule has 2 amide bonds. The van der Waals surface area contributed by atoms with Crippen LogP contribution < -0.4 is 5.32 Å². The molecule has 7 heteroatoms. The number of benzene rings is 2. The Balaban J connectivity index is 1.26. The lowest BCUT2D eigenvalue weighted by atomic mass is 9.73. The minimum atomic E-state index is -1.10. The summed E-state index contributed by atoms with van der Waals surface area (Å²) in [6, 6.07) is 15.4. The highest BCUT2D eigenvalue weighted by Crippen LogP contribution is 2.51. The van der Waals surface area contributed by atoms with Crippen molar-refractivity contribution >= 4 is 18.0 Å². The summed E-state index contributed by atoms with van der Waals surface area (Å²) in [5, 5.41) is 12.4. The summed E-state index contributed by atoms with van der Waals surface area (Å²) >= 11 is 0. The van der Waals surface area contributed by atoms with Gasteiger partial charge in [0.15, 0.2) is 0 Å². The molecule has 4 aliphatic rings. The van der Waals surface area contributed by atoms with E-state index in [1.807, 2.05) is 31.2 Å². The van der Waals surface area contributed by atoms with Crippen molar-refractivity contribution in [2.75, 3.05) is 13.2 Å². The van der Waals surface area contributed by atoms with Crippen molar-refractivity contribution in [3.63, 3.8) is 0 Å². The molecular formula is C26H28N2O5. The van der Waals surface area contributed by atoms with Crippen LogP contribution in [0.5, 0.6) is 0 Å². The second kappa shape index (κ2) is 8.21. The second-order valence-electron chi connectivity index (χ2n) is 9.37. The van der Waals surface area contributed by atoms with Gasteiger partial charge in [0.25, 0.3) is 0 Å². The number of carbonyl (C=O) groups excluding carboxylic acids is 2. The van der Waals surface area contributed by atoms with E-state index in [1.54, 1.807) is 0 Å². The van der Waals surface area contributed by atoms with Crippen LogP contribution in [0.15, 0.2) is 48.5 Å². The summed E-state index contributed by atoms with van der Waals surface area (Å²) in [6.07, 6.45) is 1.45. The summed E-state index contributed by atoms with van der Waals surface area (Å²) in [7, 11) is 0. The second-order valence-corrected chi connectivity index (χ2v) is 9.37. The van der Waals surface area contributed by atoms with Crippen LogP contribution in [-0.2, 0) is 14.3 Å². The number of amides is 2. The van der Waals surface area contributed by atoms with Gasteiger partial charge in [-0.1, -0.05) is 61.9 Å². The number of hydrogen-bond acceptors (Lipinski definition) is 4. The van der Waals surface area contributed by atoms with Gasteiger partial charge in [-0.05, 0) is 47.4 Å². The number of aliphatic carboxylic acids is 1. The Morgan fingerprint density at radius 1 is 1.09 bits per heavy atom. The number of hydrogen-bond donors (Lipinski definition) is 2. The standard InChI is InChI=1S/C26H28N2O5/c1-2-7-22(23(29)28-14-16-12-26(28,13-16)24(30)31)27-25(32)33-15-21-19-10-5-3-8-17(19)18-9-4-6-11-20(18)21/h3-6,8-11,16,21-22H,2,7,12-15H2,1H3,(H,27,32)(H,30,31)/t16?,22-,26?/m1/s1. The van der Waals surface area contributed by atoms with E-state index in [4.69, 9.17) is 4.74 Å². The molecule has 0 spiro atoms. The first kappa shape index (κ1) is 21.5. The van der Waals surface area contributed by atoms with Gasteiger partial charge >= 0.3 is 12.1 Å². The van der Waals surface area contributed by atoms with Crippen LogP contribution in [0.3, 0.4) is 0 Å². The third-order valence-electron chi connectivity index (χ3n) is 7.39. The maximum Gasteiger partial charge on any atom is 0.407 e. The number of alkyl carbamates (subject to hydrolysis) is 1. The van der Waals surface area contributed by atoms with Crippen LogP contribution in [0, 0.1) is 5.92 Å². The summed E-state index contributed by atoms with van der Waals surface area (Å²) < 4.78 is 5.60. The zero-order chi connectivity index (χ0) is 23.2. The summed E-state index contributed by atoms with van der Waals surface area (Å²) in [6.45, 7) is 2.53. The zero-order valence-electron chi connectivity index (χ0n) is 18.6. The SMILES string of the molecule is CCC[C@@H](NC(=O)OCC1c2ccccc2-c2ccccc21)C(=O)N1CC2CC1(C(=O)O)C2. The molecule has 6 rings (SSSR count). The van der Waals surface area contributed by atoms with Gasteiger partial charge in [0, 0.05) is 12.5 Å². The Hall–Kier alpha value is -3.35. The Kier molecular flexibility index (Phi) is 5.35. The molecule has 2 aliphatic heterocycles. The molecule has 0 radical (unpaired) electrons. The highest BCUT2D eigenvalue weighted by atomic mass is 16.5. The highest BCUT2D eigenvalue weighted by Gasteiger charge is 2.63. The first-order chi connectivity index (χ1) is 15.9. The molecule has 0 aromatic heterocycles. The van der Waals surface area contributed by atoms with Crippen LogP contribution in [0.1, 0.15) is 49.7 Å². The van der Waals surface area contributed by atoms with Crippen molar-refractivity contribution in [2.45, 2.75) is 50.1 Å². The average Bonchev–Trinajstić information content (AvgIpc) is 3.45. The number of carboxylic acids is 1. The monoisotopic (exact) mass is 448 g/mol. The molecule has 7 nitrogen and oxygen atoms in total. The smallest absolute Gasteiger partial charge is 0.407 e. The molecular weight excluding hydrogens is 420 g/mol. The molecule has 2 N–H and O–H groups in total. The molecule has 2 heterocycles.